The molecule has 0 bridgehead atoms. The van der Waals surface area contributed by atoms with Crippen LogP contribution in [0.2, 0.25) is 0 Å². The zero-order valence-corrected chi connectivity index (χ0v) is 7.40. The molecule has 0 aliphatic carbocycles. The van der Waals surface area contributed by atoms with Gasteiger partial charge in [0.15, 0.2) is 0 Å². The van der Waals surface area contributed by atoms with E-state index in [-0.39, 0.29) is 62.7 Å². The van der Waals surface area contributed by atoms with Crippen LogP contribution in [0.15, 0.2) is 0 Å². The van der Waals surface area contributed by atoms with E-state index in [0.29, 0.717) is 6.29 Å². The molecule has 0 unspecified atom stereocenters. The SMILES string of the molecule is O=CCCl.[K+].[OH-]. The minimum Gasteiger partial charge on any atom is -0.870 e. The van der Waals surface area contributed by atoms with Crippen molar-refractivity contribution in [1.29, 1.82) is 0 Å². The summed E-state index contributed by atoms with van der Waals surface area (Å²) >= 11 is 4.82. The Labute approximate surface area is 84.0 Å². The third kappa shape index (κ3) is 17.7. The van der Waals surface area contributed by atoms with Gasteiger partial charge < -0.3 is 10.3 Å². The van der Waals surface area contributed by atoms with Gasteiger partial charge >= 0.3 is 51.4 Å². The molecular weight excluding hydrogens is 131 g/mol. The van der Waals surface area contributed by atoms with E-state index in [0.717, 1.165) is 0 Å². The van der Waals surface area contributed by atoms with Crippen molar-refractivity contribution in [2.24, 2.45) is 0 Å². The predicted octanol–water partition coefficient (Wildman–Crippen LogP) is -2.75. The summed E-state index contributed by atoms with van der Waals surface area (Å²) in [6.07, 6.45) is 0.640. The van der Waals surface area contributed by atoms with Crippen LogP contribution in [0.5, 0.6) is 0 Å². The van der Waals surface area contributed by atoms with Crippen molar-refractivity contribution in [2.75, 3.05) is 5.88 Å². The van der Waals surface area contributed by atoms with Crippen molar-refractivity contribution in [1.82, 2.24) is 0 Å². The molecule has 0 aromatic heterocycles. The smallest absolute Gasteiger partial charge is 0.870 e. The second-order valence-corrected chi connectivity index (χ2v) is 0.630. The van der Waals surface area contributed by atoms with Crippen molar-refractivity contribution in [2.45, 2.75) is 0 Å². The van der Waals surface area contributed by atoms with Gasteiger partial charge in [0, 0.05) is 0 Å². The summed E-state index contributed by atoms with van der Waals surface area (Å²) in [5, 5.41) is 0. The maximum atomic E-state index is 9.04. The van der Waals surface area contributed by atoms with Crippen molar-refractivity contribution in [3.8, 4) is 0 Å². The summed E-state index contributed by atoms with van der Waals surface area (Å²) in [5.41, 5.74) is 0. The zero-order valence-electron chi connectivity index (χ0n) is 3.52. The van der Waals surface area contributed by atoms with Crippen LogP contribution >= 0.6 is 11.6 Å². The minimum atomic E-state index is 0. The fourth-order valence-electron chi connectivity index (χ4n) is 0. The molecule has 0 rings (SSSR count). The first kappa shape index (κ1) is 15.6. The Morgan fingerprint density at radius 1 is 1.67 bits per heavy atom. The summed E-state index contributed by atoms with van der Waals surface area (Å²) in [4.78, 5) is 9.04. The fourth-order valence-corrected chi connectivity index (χ4v) is 0. The number of rotatable bonds is 1. The Bertz CT molecular complexity index is 25.5. The molecule has 0 radical (unpaired) electrons. The van der Waals surface area contributed by atoms with Gasteiger partial charge in [-0.05, 0) is 0 Å². The maximum Gasteiger partial charge on any atom is 1.00 e. The van der Waals surface area contributed by atoms with Crippen LogP contribution in [0.25, 0.3) is 0 Å². The molecule has 0 saturated heterocycles. The van der Waals surface area contributed by atoms with Gasteiger partial charge in [-0.15, -0.1) is 11.6 Å². The number of hydrogen-bond donors (Lipinski definition) is 0. The molecule has 0 aliphatic heterocycles. The van der Waals surface area contributed by atoms with Gasteiger partial charge in [0.05, 0.1) is 5.88 Å². The van der Waals surface area contributed by atoms with E-state index < -0.39 is 0 Å². The monoisotopic (exact) mass is 134 g/mol. The molecule has 0 atom stereocenters. The van der Waals surface area contributed by atoms with Gasteiger partial charge in [-0.1, -0.05) is 0 Å². The van der Waals surface area contributed by atoms with Gasteiger partial charge in [0.2, 0.25) is 0 Å². The summed E-state index contributed by atoms with van der Waals surface area (Å²) in [6.45, 7) is 0. The molecule has 0 saturated carbocycles. The Hall–Kier alpha value is 1.56. The Morgan fingerprint density at radius 2 is 1.83 bits per heavy atom. The normalized spacial score (nSPS) is 4.17. The van der Waals surface area contributed by atoms with E-state index >= 15 is 0 Å². The molecule has 4 heteroatoms. The van der Waals surface area contributed by atoms with Crippen LogP contribution in [-0.2, 0) is 4.79 Å². The minimum absolute atomic E-state index is 0. The molecule has 0 amide bonds. The van der Waals surface area contributed by atoms with Crippen LogP contribution in [-0.4, -0.2) is 17.6 Å². The molecule has 0 aromatic rings. The van der Waals surface area contributed by atoms with E-state index in [1.165, 1.54) is 0 Å². The Balaban J connectivity index is -0.0000000450. The van der Waals surface area contributed by atoms with E-state index in [2.05, 4.69) is 0 Å². The third-order valence-electron chi connectivity index (χ3n) is 0.0630. The zero-order chi connectivity index (χ0) is 3.41. The molecule has 0 heterocycles. The molecular formula is C2H4ClKO2. The standard InChI is InChI=1S/C2H3ClO.K.H2O/c3-1-2-4;;/h2H,1H2;;1H2/q;+1;/p-1. The van der Waals surface area contributed by atoms with Crippen LogP contribution in [0.4, 0.5) is 0 Å². The van der Waals surface area contributed by atoms with Crippen LogP contribution < -0.4 is 51.4 Å². The van der Waals surface area contributed by atoms with Gasteiger partial charge in [-0.2, -0.15) is 0 Å². The molecule has 1 N–H and O–H groups in total. The first-order chi connectivity index (χ1) is 1.91. The molecule has 2 nitrogen and oxygen atoms in total. The first-order valence-electron chi connectivity index (χ1n) is 0.911. The average Bonchev–Trinajstić information content (AvgIpc) is 1.37. The molecule has 0 aromatic carbocycles. The number of halogens is 1. The quantitative estimate of drug-likeness (QED) is 0.222. The van der Waals surface area contributed by atoms with Crippen LogP contribution in [0.3, 0.4) is 0 Å². The second-order valence-electron chi connectivity index (χ2n) is 0.321. The molecule has 6 heavy (non-hydrogen) atoms. The van der Waals surface area contributed by atoms with E-state index in [1.54, 1.807) is 0 Å². The summed E-state index contributed by atoms with van der Waals surface area (Å²) in [6, 6.07) is 0. The van der Waals surface area contributed by atoms with Crippen molar-refractivity contribution < 1.29 is 61.7 Å². The molecule has 32 valence electrons. The van der Waals surface area contributed by atoms with Gasteiger partial charge in [-0.25, -0.2) is 0 Å². The summed E-state index contributed by atoms with van der Waals surface area (Å²) < 4.78 is 0. The number of alkyl halides is 1. The Kier molecular flexibility index (Phi) is 41.7. The topological polar surface area (TPSA) is 47.1 Å². The van der Waals surface area contributed by atoms with E-state index in [1.807, 2.05) is 0 Å². The average molecular weight is 135 g/mol. The second kappa shape index (κ2) is 16.0. The van der Waals surface area contributed by atoms with Crippen molar-refractivity contribution >= 4 is 17.9 Å². The number of carbonyl (C=O) groups is 1. The molecule has 0 fully saturated rings. The third-order valence-corrected chi connectivity index (χ3v) is 0.189. The largest absolute Gasteiger partial charge is 1.00 e. The van der Waals surface area contributed by atoms with E-state index in [4.69, 9.17) is 16.4 Å². The fraction of sp³-hybridized carbons (Fsp3) is 0.500. The van der Waals surface area contributed by atoms with Crippen molar-refractivity contribution in [3.63, 3.8) is 0 Å². The van der Waals surface area contributed by atoms with Gasteiger partial charge in [0.1, 0.15) is 6.29 Å². The van der Waals surface area contributed by atoms with Crippen molar-refractivity contribution in [3.05, 3.63) is 0 Å². The van der Waals surface area contributed by atoms with Crippen LogP contribution in [0.1, 0.15) is 0 Å². The Morgan fingerprint density at radius 3 is 1.83 bits per heavy atom. The number of carbonyl (C=O) groups excluding carboxylic acids is 1. The van der Waals surface area contributed by atoms with E-state index in [9.17, 15) is 0 Å². The molecule has 0 aliphatic rings. The van der Waals surface area contributed by atoms with Crippen LogP contribution in [0, 0.1) is 0 Å². The maximum absolute atomic E-state index is 9.04. The summed E-state index contributed by atoms with van der Waals surface area (Å²) in [5.74, 6) is 0.111. The number of hydrogen-bond acceptors (Lipinski definition) is 2. The van der Waals surface area contributed by atoms with Gasteiger partial charge in [-0.3, -0.25) is 0 Å². The van der Waals surface area contributed by atoms with Gasteiger partial charge in [0.25, 0.3) is 0 Å². The predicted molar refractivity (Wildman–Crippen MR) is 18.7 cm³/mol. The number of aldehydes is 1. The first-order valence-corrected chi connectivity index (χ1v) is 1.45. The molecule has 0 spiro atoms. The summed E-state index contributed by atoms with van der Waals surface area (Å²) in [7, 11) is 0.